The number of aromatic nitrogens is 9. The SMILES string of the molecule is CC.Cc1cnc(Nc2ccc3ncsc3c2)nc1-c1cccc2[nH]ccc12.Cc1cnc(Nc2cccc(-n3ccnc3)c2)nc1-c1cccc2[nH]ccc12. The third-order valence-corrected chi connectivity index (χ3v) is 9.93. The van der Waals surface area contributed by atoms with Gasteiger partial charge in [0, 0.05) is 87.2 Å². The minimum absolute atomic E-state index is 0.566. The lowest BCUT2D eigenvalue weighted by molar-refractivity contribution is 1.06. The lowest BCUT2D eigenvalue weighted by Gasteiger charge is -2.11. The molecule has 0 unspecified atom stereocenters. The molecule has 6 heterocycles. The molecule has 12 heteroatoms. The fourth-order valence-corrected chi connectivity index (χ4v) is 7.20. The van der Waals surface area contributed by atoms with Crippen LogP contribution >= 0.6 is 11.3 Å². The number of benzene rings is 4. The number of imidazole rings is 1. The van der Waals surface area contributed by atoms with Crippen LogP contribution in [-0.2, 0) is 0 Å². The van der Waals surface area contributed by atoms with Gasteiger partial charge in [-0.1, -0.05) is 44.2 Å². The Bertz CT molecular complexity index is 2890. The van der Waals surface area contributed by atoms with Crippen LogP contribution in [0, 0.1) is 13.8 Å². The number of thiazole rings is 1. The van der Waals surface area contributed by atoms with E-state index in [0.29, 0.717) is 11.9 Å². The molecule has 0 atom stereocenters. The molecule has 0 saturated heterocycles. The number of hydrogen-bond acceptors (Lipinski definition) is 9. The first kappa shape index (κ1) is 35.8. The first-order valence-electron chi connectivity index (χ1n) is 18.3. The van der Waals surface area contributed by atoms with Crippen molar-refractivity contribution in [2.24, 2.45) is 0 Å². The number of hydrogen-bond donors (Lipinski definition) is 4. The molecule has 6 aromatic heterocycles. The first-order valence-corrected chi connectivity index (χ1v) is 19.2. The van der Waals surface area contributed by atoms with Crippen molar-refractivity contribution in [3.8, 4) is 28.2 Å². The van der Waals surface area contributed by atoms with Crippen molar-refractivity contribution in [2.45, 2.75) is 27.7 Å². The highest BCUT2D eigenvalue weighted by Crippen LogP contribution is 2.32. The van der Waals surface area contributed by atoms with Gasteiger partial charge in [-0.25, -0.2) is 29.9 Å². The number of fused-ring (bicyclic) bond motifs is 3. The quantitative estimate of drug-likeness (QED) is 0.126. The topological polar surface area (TPSA) is 138 Å². The zero-order valence-electron chi connectivity index (χ0n) is 31.3. The minimum atomic E-state index is 0.566. The van der Waals surface area contributed by atoms with Crippen molar-refractivity contribution in [3.05, 3.63) is 151 Å². The van der Waals surface area contributed by atoms with E-state index < -0.39 is 0 Å². The fraction of sp³-hybridized carbons (Fsp3) is 0.0909. The average Bonchev–Trinajstić information content (AvgIpc) is 4.08. The Balaban J connectivity index is 0.000000151. The summed E-state index contributed by atoms with van der Waals surface area (Å²) in [4.78, 5) is 33.4. The molecular weight excluding hydrogens is 715 g/mol. The summed E-state index contributed by atoms with van der Waals surface area (Å²) in [5.41, 5.74) is 14.1. The van der Waals surface area contributed by atoms with Crippen molar-refractivity contribution in [1.82, 2.24) is 44.4 Å². The molecule has 4 N–H and O–H groups in total. The molecule has 0 aliphatic rings. The van der Waals surface area contributed by atoms with Crippen molar-refractivity contribution < 1.29 is 0 Å². The summed E-state index contributed by atoms with van der Waals surface area (Å²) in [5.74, 6) is 1.15. The smallest absolute Gasteiger partial charge is 0.227 e. The molecule has 0 aliphatic heterocycles. The van der Waals surface area contributed by atoms with Gasteiger partial charge in [0.15, 0.2) is 0 Å². The molecule has 11 nitrogen and oxygen atoms in total. The molecule has 0 saturated carbocycles. The normalized spacial score (nSPS) is 10.9. The van der Waals surface area contributed by atoms with Gasteiger partial charge in [-0.2, -0.15) is 0 Å². The Kier molecular flexibility index (Phi) is 10.3. The van der Waals surface area contributed by atoms with Crippen LogP contribution in [0.2, 0.25) is 0 Å². The molecule has 0 aliphatic carbocycles. The fourth-order valence-electron chi connectivity index (χ4n) is 6.48. The molecule has 0 fully saturated rings. The molecule has 276 valence electrons. The highest BCUT2D eigenvalue weighted by Gasteiger charge is 2.13. The Morgan fingerprint density at radius 1 is 0.643 bits per heavy atom. The molecule has 10 aromatic rings. The van der Waals surface area contributed by atoms with E-state index in [2.05, 4.69) is 83.0 Å². The molecule has 4 aromatic carbocycles. The summed E-state index contributed by atoms with van der Waals surface area (Å²) in [7, 11) is 0. The van der Waals surface area contributed by atoms with Gasteiger partial charge in [0.05, 0.1) is 33.4 Å². The lowest BCUT2D eigenvalue weighted by atomic mass is 10.0. The van der Waals surface area contributed by atoms with Gasteiger partial charge >= 0.3 is 0 Å². The third-order valence-electron chi connectivity index (χ3n) is 9.14. The maximum Gasteiger partial charge on any atom is 0.227 e. The number of anilines is 4. The zero-order chi connectivity index (χ0) is 38.4. The van der Waals surface area contributed by atoms with Gasteiger partial charge in [-0.05, 0) is 85.6 Å². The van der Waals surface area contributed by atoms with Crippen LogP contribution in [0.4, 0.5) is 23.3 Å². The summed E-state index contributed by atoms with van der Waals surface area (Å²) in [6.07, 6.45) is 13.1. The van der Waals surface area contributed by atoms with Gasteiger partial charge in [0.25, 0.3) is 0 Å². The Morgan fingerprint density at radius 2 is 1.25 bits per heavy atom. The van der Waals surface area contributed by atoms with Crippen LogP contribution in [0.1, 0.15) is 25.0 Å². The standard InChI is InChI=1S/C22H18N6.C20H15N5S.C2H6/c1-15-13-25-22(26-16-4-2-5-17(12-16)28-11-10-23-14-28)27-21(15)19-6-3-7-20-18(19)8-9-24-20;1-12-10-22-20(24-13-5-6-17-18(9-13)26-11-23-17)25-19(12)15-3-2-4-16-14(15)7-8-21-16;1-2/h2-14,24H,1H3,(H,25,26,27);2-11,21H,1H3,(H,22,24,25);1-2H3. The largest absolute Gasteiger partial charge is 0.361 e. The molecule has 10 rings (SSSR count). The van der Waals surface area contributed by atoms with Crippen molar-refractivity contribution in [2.75, 3.05) is 10.6 Å². The lowest BCUT2D eigenvalue weighted by Crippen LogP contribution is -2.01. The summed E-state index contributed by atoms with van der Waals surface area (Å²) < 4.78 is 3.10. The summed E-state index contributed by atoms with van der Waals surface area (Å²) in [5, 5.41) is 8.94. The van der Waals surface area contributed by atoms with Crippen LogP contribution in [0.15, 0.2) is 140 Å². The van der Waals surface area contributed by atoms with Gasteiger partial charge in [0.2, 0.25) is 11.9 Å². The van der Waals surface area contributed by atoms with Crippen LogP contribution in [-0.4, -0.2) is 44.4 Å². The second kappa shape index (κ2) is 16.0. The van der Waals surface area contributed by atoms with E-state index in [-0.39, 0.29) is 0 Å². The predicted molar refractivity (Wildman–Crippen MR) is 229 cm³/mol. The molecule has 0 spiro atoms. The second-order valence-electron chi connectivity index (χ2n) is 12.7. The van der Waals surface area contributed by atoms with Crippen LogP contribution in [0.5, 0.6) is 0 Å². The maximum absolute atomic E-state index is 4.80. The highest BCUT2D eigenvalue weighted by atomic mass is 32.1. The molecule has 0 bridgehead atoms. The van der Waals surface area contributed by atoms with Crippen molar-refractivity contribution in [3.63, 3.8) is 0 Å². The van der Waals surface area contributed by atoms with E-state index >= 15 is 0 Å². The number of aromatic amines is 2. The Morgan fingerprint density at radius 3 is 1.86 bits per heavy atom. The summed E-state index contributed by atoms with van der Waals surface area (Å²) in [6, 6.07) is 30.7. The summed E-state index contributed by atoms with van der Waals surface area (Å²) >= 11 is 1.62. The van der Waals surface area contributed by atoms with Gasteiger partial charge < -0.3 is 25.2 Å². The first-order chi connectivity index (χ1) is 27.6. The Hall–Kier alpha value is -7.18. The van der Waals surface area contributed by atoms with Crippen LogP contribution < -0.4 is 10.6 Å². The van der Waals surface area contributed by atoms with E-state index in [1.165, 1.54) is 0 Å². The molecule has 56 heavy (non-hydrogen) atoms. The van der Waals surface area contributed by atoms with Gasteiger partial charge in [-0.3, -0.25) is 0 Å². The van der Waals surface area contributed by atoms with Crippen molar-refractivity contribution >= 4 is 66.6 Å². The van der Waals surface area contributed by atoms with E-state index in [9.17, 15) is 0 Å². The molecule has 0 radical (unpaired) electrons. The highest BCUT2D eigenvalue weighted by molar-refractivity contribution is 7.16. The maximum atomic E-state index is 4.80. The van der Waals surface area contributed by atoms with Crippen LogP contribution in [0.3, 0.4) is 0 Å². The molecule has 0 amide bonds. The number of nitrogens with one attached hydrogen (secondary N) is 4. The third kappa shape index (κ3) is 7.46. The van der Waals surface area contributed by atoms with Crippen LogP contribution in [0.25, 0.3) is 60.2 Å². The van der Waals surface area contributed by atoms with Gasteiger partial charge in [0.1, 0.15) is 0 Å². The van der Waals surface area contributed by atoms with Crippen molar-refractivity contribution in [1.29, 1.82) is 0 Å². The second-order valence-corrected chi connectivity index (χ2v) is 13.6. The van der Waals surface area contributed by atoms with E-state index in [1.807, 2.05) is 117 Å². The van der Waals surface area contributed by atoms with E-state index in [1.54, 1.807) is 23.9 Å². The monoisotopic (exact) mass is 753 g/mol. The number of aryl methyl sites for hydroxylation is 2. The predicted octanol–water partition coefficient (Wildman–Crippen LogP) is 11.2. The van der Waals surface area contributed by atoms with E-state index in [4.69, 9.17) is 9.97 Å². The van der Waals surface area contributed by atoms with Gasteiger partial charge in [-0.15, -0.1) is 11.3 Å². The number of H-pyrrole nitrogens is 2. The molecular formula is C44H39N11S. The average molecular weight is 754 g/mol. The summed E-state index contributed by atoms with van der Waals surface area (Å²) in [6.45, 7) is 8.07. The zero-order valence-corrected chi connectivity index (χ0v) is 32.1. The minimum Gasteiger partial charge on any atom is -0.361 e. The Labute approximate surface area is 327 Å². The number of nitrogens with zero attached hydrogens (tertiary/aromatic N) is 7. The van der Waals surface area contributed by atoms with E-state index in [0.717, 1.165) is 82.7 Å². The number of rotatable bonds is 7.